The summed E-state index contributed by atoms with van der Waals surface area (Å²) >= 11 is 1.60. The van der Waals surface area contributed by atoms with Gasteiger partial charge in [-0.25, -0.2) is 0 Å². The fourth-order valence-electron chi connectivity index (χ4n) is 4.13. The van der Waals surface area contributed by atoms with E-state index in [1.54, 1.807) is 18.3 Å². The molecule has 0 radical (unpaired) electrons. The van der Waals surface area contributed by atoms with Gasteiger partial charge in [0, 0.05) is 30.3 Å². The number of carbonyl (C=O) groups is 1. The van der Waals surface area contributed by atoms with E-state index < -0.39 is 0 Å². The van der Waals surface area contributed by atoms with Gasteiger partial charge in [-0.1, -0.05) is 42.0 Å². The van der Waals surface area contributed by atoms with Crippen LogP contribution in [-0.2, 0) is 0 Å². The third kappa shape index (κ3) is 3.67. The summed E-state index contributed by atoms with van der Waals surface area (Å²) in [5.41, 5.74) is 1.62. The molecule has 0 aliphatic carbocycles. The Balaban J connectivity index is 1.44. The van der Waals surface area contributed by atoms with E-state index in [-0.39, 0.29) is 5.78 Å². The van der Waals surface area contributed by atoms with E-state index in [4.69, 9.17) is 0 Å². The molecule has 0 atom stereocenters. The van der Waals surface area contributed by atoms with Crippen LogP contribution in [0, 0.1) is 0 Å². The number of piperidine rings is 2. The summed E-state index contributed by atoms with van der Waals surface area (Å²) in [6.07, 6.45) is 6.52. The Bertz CT molecular complexity index is 761. The highest BCUT2D eigenvalue weighted by molar-refractivity contribution is 7.18. The van der Waals surface area contributed by atoms with Crippen molar-refractivity contribution in [1.29, 1.82) is 0 Å². The number of hydrogen-bond donors (Lipinski definition) is 0. The number of Topliss-reactive ketones (excluding diaryl/α,β-unsaturated/α-hetero) is 1. The van der Waals surface area contributed by atoms with Crippen molar-refractivity contribution in [3.8, 4) is 10.6 Å². The molecule has 1 aromatic carbocycles. The lowest BCUT2D eigenvalue weighted by Gasteiger charge is -2.40. The molecular formula is C20H26N4OS. The van der Waals surface area contributed by atoms with Gasteiger partial charge in [0.15, 0.2) is 5.78 Å². The Morgan fingerprint density at radius 1 is 1.04 bits per heavy atom. The van der Waals surface area contributed by atoms with E-state index >= 15 is 0 Å². The molecular weight excluding hydrogens is 344 g/mol. The van der Waals surface area contributed by atoms with Crippen molar-refractivity contribution in [1.82, 2.24) is 15.1 Å². The second-order valence-electron chi connectivity index (χ2n) is 7.31. The maximum Gasteiger partial charge on any atom is 0.208 e. The molecule has 2 aliphatic heterocycles. The zero-order chi connectivity index (χ0) is 17.9. The molecule has 138 valence electrons. The van der Waals surface area contributed by atoms with Gasteiger partial charge in [0.05, 0.1) is 0 Å². The van der Waals surface area contributed by atoms with E-state index in [0.717, 1.165) is 40.4 Å². The van der Waals surface area contributed by atoms with Gasteiger partial charge in [-0.15, -0.1) is 10.2 Å². The molecule has 0 spiro atoms. The lowest BCUT2D eigenvalue weighted by Crippen LogP contribution is -2.46. The fraction of sp³-hybridized carbons (Fsp3) is 0.550. The molecule has 26 heavy (non-hydrogen) atoms. The molecule has 0 bridgehead atoms. The molecule has 0 N–H and O–H groups in total. The number of carbonyl (C=O) groups excluding carboxylic acids is 1. The monoisotopic (exact) mass is 370 g/mol. The van der Waals surface area contributed by atoms with Crippen molar-refractivity contribution >= 4 is 22.3 Å². The van der Waals surface area contributed by atoms with Crippen LogP contribution < -0.4 is 4.90 Å². The van der Waals surface area contributed by atoms with Crippen molar-refractivity contribution in [2.45, 2.75) is 45.1 Å². The Kier molecular flexibility index (Phi) is 5.31. The van der Waals surface area contributed by atoms with E-state index in [1.165, 1.54) is 45.2 Å². The molecule has 2 fully saturated rings. The Hall–Kier alpha value is -1.79. The third-order valence-corrected chi connectivity index (χ3v) is 6.61. The number of rotatable bonds is 4. The van der Waals surface area contributed by atoms with E-state index in [1.807, 2.05) is 24.3 Å². The molecule has 0 saturated carbocycles. The summed E-state index contributed by atoms with van der Waals surface area (Å²) in [7, 11) is 0. The van der Waals surface area contributed by atoms with Crippen LogP contribution in [0.15, 0.2) is 24.3 Å². The molecule has 2 saturated heterocycles. The number of nitrogens with zero attached hydrogens (tertiary/aromatic N) is 4. The van der Waals surface area contributed by atoms with Gasteiger partial charge in [0.25, 0.3) is 0 Å². The molecule has 3 heterocycles. The first kappa shape index (κ1) is 17.6. The third-order valence-electron chi connectivity index (χ3n) is 5.59. The van der Waals surface area contributed by atoms with E-state index in [0.29, 0.717) is 0 Å². The van der Waals surface area contributed by atoms with Gasteiger partial charge in [-0.3, -0.25) is 4.79 Å². The van der Waals surface area contributed by atoms with Gasteiger partial charge in [0.2, 0.25) is 5.13 Å². The normalized spacial score (nSPS) is 19.7. The summed E-state index contributed by atoms with van der Waals surface area (Å²) in [5, 5.41) is 10.6. The quantitative estimate of drug-likeness (QED) is 0.765. The number of hydrogen-bond acceptors (Lipinski definition) is 6. The predicted octanol–water partition coefficient (Wildman–Crippen LogP) is 3.86. The second kappa shape index (κ2) is 7.84. The molecule has 6 heteroatoms. The molecule has 1 aromatic heterocycles. The summed E-state index contributed by atoms with van der Waals surface area (Å²) < 4.78 is 0. The molecule has 5 nitrogen and oxygen atoms in total. The minimum Gasteiger partial charge on any atom is -0.347 e. The summed E-state index contributed by atoms with van der Waals surface area (Å²) in [6.45, 7) is 6.24. The van der Waals surface area contributed by atoms with Gasteiger partial charge in [0.1, 0.15) is 5.01 Å². The minimum atomic E-state index is 0.0692. The standard InChI is InChI=1S/C20H26N4OS/c1-15(25)17-7-3-4-8-18(17)19-21-22-20(26-19)24-13-9-16(10-14-24)23-11-5-2-6-12-23/h3-4,7-8,16H,2,5-6,9-14H2,1H3. The van der Waals surface area contributed by atoms with Crippen LogP contribution in [0.1, 0.15) is 49.4 Å². The first-order valence-corrected chi connectivity index (χ1v) is 10.5. The summed E-state index contributed by atoms with van der Waals surface area (Å²) in [4.78, 5) is 16.9. The highest BCUT2D eigenvalue weighted by Crippen LogP contribution is 2.33. The van der Waals surface area contributed by atoms with Gasteiger partial charge in [-0.05, 0) is 45.7 Å². The Labute approximate surface area is 159 Å². The highest BCUT2D eigenvalue weighted by atomic mass is 32.1. The van der Waals surface area contributed by atoms with Gasteiger partial charge >= 0.3 is 0 Å². The molecule has 0 unspecified atom stereocenters. The average molecular weight is 371 g/mol. The van der Waals surface area contributed by atoms with Crippen molar-refractivity contribution in [2.24, 2.45) is 0 Å². The van der Waals surface area contributed by atoms with Crippen LogP contribution in [0.3, 0.4) is 0 Å². The second-order valence-corrected chi connectivity index (χ2v) is 8.26. The Morgan fingerprint density at radius 3 is 2.50 bits per heavy atom. The van der Waals surface area contributed by atoms with Crippen LogP contribution in [0.25, 0.3) is 10.6 Å². The largest absolute Gasteiger partial charge is 0.347 e. The number of benzene rings is 1. The van der Waals surface area contributed by atoms with Gasteiger partial charge < -0.3 is 9.80 Å². The first-order valence-electron chi connectivity index (χ1n) is 9.65. The van der Waals surface area contributed by atoms with E-state index in [2.05, 4.69) is 20.0 Å². The fourth-order valence-corrected chi connectivity index (χ4v) is 5.07. The lowest BCUT2D eigenvalue weighted by atomic mass is 10.0. The van der Waals surface area contributed by atoms with Crippen LogP contribution in [-0.4, -0.2) is 53.1 Å². The molecule has 4 rings (SSSR count). The first-order chi connectivity index (χ1) is 12.7. The Morgan fingerprint density at radius 2 is 1.77 bits per heavy atom. The molecule has 0 amide bonds. The van der Waals surface area contributed by atoms with Crippen LogP contribution >= 0.6 is 11.3 Å². The van der Waals surface area contributed by atoms with Crippen molar-refractivity contribution in [3.63, 3.8) is 0 Å². The zero-order valence-corrected chi connectivity index (χ0v) is 16.2. The van der Waals surface area contributed by atoms with Gasteiger partial charge in [-0.2, -0.15) is 0 Å². The molecule has 2 aromatic rings. The number of anilines is 1. The maximum absolute atomic E-state index is 11.9. The summed E-state index contributed by atoms with van der Waals surface area (Å²) in [5.74, 6) is 0.0692. The van der Waals surface area contributed by atoms with Crippen LogP contribution in [0.5, 0.6) is 0 Å². The smallest absolute Gasteiger partial charge is 0.208 e. The SMILES string of the molecule is CC(=O)c1ccccc1-c1nnc(N2CCC(N3CCCCC3)CC2)s1. The summed E-state index contributed by atoms with van der Waals surface area (Å²) in [6, 6.07) is 8.41. The zero-order valence-electron chi connectivity index (χ0n) is 15.4. The van der Waals surface area contributed by atoms with E-state index in [9.17, 15) is 4.79 Å². The minimum absolute atomic E-state index is 0.0692. The number of likely N-dealkylation sites (tertiary alicyclic amines) is 1. The van der Waals surface area contributed by atoms with Crippen molar-refractivity contribution < 1.29 is 4.79 Å². The van der Waals surface area contributed by atoms with Crippen molar-refractivity contribution in [2.75, 3.05) is 31.1 Å². The lowest BCUT2D eigenvalue weighted by molar-refractivity contribution is 0.101. The van der Waals surface area contributed by atoms with Crippen molar-refractivity contribution in [3.05, 3.63) is 29.8 Å². The number of ketones is 1. The number of aromatic nitrogens is 2. The topological polar surface area (TPSA) is 49.3 Å². The molecule has 2 aliphatic rings. The highest BCUT2D eigenvalue weighted by Gasteiger charge is 2.27. The maximum atomic E-state index is 11.9. The predicted molar refractivity (Wildman–Crippen MR) is 106 cm³/mol. The van der Waals surface area contributed by atoms with Crippen LogP contribution in [0.2, 0.25) is 0 Å². The van der Waals surface area contributed by atoms with Crippen LogP contribution in [0.4, 0.5) is 5.13 Å². The average Bonchev–Trinajstić information content (AvgIpc) is 3.19.